The number of methoxy groups -OCH3 is 1. The third-order valence-corrected chi connectivity index (χ3v) is 6.06. The van der Waals surface area contributed by atoms with Gasteiger partial charge in [0.15, 0.2) is 5.82 Å². The van der Waals surface area contributed by atoms with Crippen LogP contribution in [0.2, 0.25) is 5.02 Å². The van der Waals surface area contributed by atoms with Crippen molar-refractivity contribution < 1.29 is 4.74 Å². The number of hydrogen-bond donors (Lipinski definition) is 2. The van der Waals surface area contributed by atoms with Crippen LogP contribution >= 0.6 is 11.6 Å². The number of para-hydroxylation sites is 2. The number of nitrogen functional groups attached to an aromatic ring is 1. The second kappa shape index (κ2) is 9.85. The fourth-order valence-corrected chi connectivity index (χ4v) is 4.02. The smallest absolute Gasteiger partial charge is 0.334 e. The van der Waals surface area contributed by atoms with E-state index in [1.54, 1.807) is 24.8 Å². The van der Waals surface area contributed by atoms with E-state index in [9.17, 15) is 4.79 Å². The second-order valence-corrected chi connectivity index (χ2v) is 8.90. The molecule has 2 heterocycles. The quantitative estimate of drug-likeness (QED) is 0.358. The van der Waals surface area contributed by atoms with Crippen molar-refractivity contribution in [3.63, 3.8) is 0 Å². The zero-order chi connectivity index (χ0) is 25.3. The Hall–Kier alpha value is -3.76. The van der Waals surface area contributed by atoms with Crippen LogP contribution in [0.4, 0.5) is 23.0 Å². The number of aryl methyl sites for hydroxylation is 1. The molecule has 4 rings (SSSR count). The van der Waals surface area contributed by atoms with Gasteiger partial charge in [0, 0.05) is 33.3 Å². The number of likely N-dealkylation sites (N-methyl/N-ethyl adjacent to an activating group) is 2. The summed E-state index contributed by atoms with van der Waals surface area (Å²) in [4.78, 5) is 26.0. The first kappa shape index (κ1) is 24.4. The molecule has 0 amide bonds. The molecule has 184 valence electrons. The van der Waals surface area contributed by atoms with Crippen LogP contribution < -0.4 is 26.4 Å². The first-order chi connectivity index (χ1) is 16.7. The van der Waals surface area contributed by atoms with Crippen LogP contribution in [0.1, 0.15) is 0 Å². The predicted molar refractivity (Wildman–Crippen MR) is 142 cm³/mol. The number of ether oxygens (including phenoxy) is 1. The Bertz CT molecular complexity index is 1430. The Kier molecular flexibility index (Phi) is 6.86. The maximum Gasteiger partial charge on any atom is 0.334 e. The standard InChI is InChI=1S/C24H29ClN8O2/c1-30(2)10-11-31(3)20-13-21(35-5)17(12-16(20)26)28-23-27-14-15(25)22(29-23)33-19-9-7-6-8-18(19)32(4)24(33)34/h6-9,12-14H,10-11,26H2,1-5H3,(H,27,28,29). The third kappa shape index (κ3) is 4.75. The Morgan fingerprint density at radius 3 is 2.54 bits per heavy atom. The van der Waals surface area contributed by atoms with E-state index < -0.39 is 0 Å². The molecule has 0 fully saturated rings. The van der Waals surface area contributed by atoms with Gasteiger partial charge in [-0.2, -0.15) is 4.98 Å². The van der Waals surface area contributed by atoms with Crippen molar-refractivity contribution in [3.8, 4) is 11.6 Å². The Labute approximate surface area is 208 Å². The molecule has 10 nitrogen and oxygen atoms in total. The fraction of sp³-hybridized carbons (Fsp3) is 0.292. The number of benzene rings is 2. The lowest BCUT2D eigenvalue weighted by Gasteiger charge is -2.24. The molecule has 0 saturated heterocycles. The van der Waals surface area contributed by atoms with Crippen molar-refractivity contribution in [1.82, 2.24) is 24.0 Å². The van der Waals surface area contributed by atoms with Gasteiger partial charge < -0.3 is 25.6 Å². The van der Waals surface area contributed by atoms with Gasteiger partial charge in [-0.3, -0.25) is 4.57 Å². The summed E-state index contributed by atoms with van der Waals surface area (Å²) >= 11 is 6.43. The van der Waals surface area contributed by atoms with Crippen molar-refractivity contribution in [2.75, 3.05) is 57.3 Å². The zero-order valence-electron chi connectivity index (χ0n) is 20.4. The highest BCUT2D eigenvalue weighted by Crippen LogP contribution is 2.36. The van der Waals surface area contributed by atoms with Gasteiger partial charge >= 0.3 is 5.69 Å². The molecule has 0 aliphatic carbocycles. The topological polar surface area (TPSA) is 106 Å². The molecule has 0 atom stereocenters. The lowest BCUT2D eigenvalue weighted by atomic mass is 10.2. The van der Waals surface area contributed by atoms with Crippen LogP contribution in [0.3, 0.4) is 0 Å². The maximum absolute atomic E-state index is 13.0. The van der Waals surface area contributed by atoms with Crippen molar-refractivity contribution in [2.24, 2.45) is 7.05 Å². The molecule has 0 radical (unpaired) electrons. The molecule has 0 unspecified atom stereocenters. The molecule has 2 aromatic carbocycles. The van der Waals surface area contributed by atoms with Crippen LogP contribution in [-0.2, 0) is 7.05 Å². The number of nitrogens with zero attached hydrogens (tertiary/aromatic N) is 6. The van der Waals surface area contributed by atoms with E-state index in [0.717, 1.165) is 24.3 Å². The van der Waals surface area contributed by atoms with Crippen molar-refractivity contribution in [2.45, 2.75) is 0 Å². The van der Waals surface area contributed by atoms with Crippen LogP contribution in [-0.4, -0.2) is 65.3 Å². The van der Waals surface area contributed by atoms with Crippen LogP contribution in [0.15, 0.2) is 47.4 Å². The summed E-state index contributed by atoms with van der Waals surface area (Å²) in [5, 5.41) is 3.41. The molecule has 0 aliphatic heterocycles. The number of aromatic nitrogens is 4. The average Bonchev–Trinajstić information content (AvgIpc) is 3.09. The first-order valence-electron chi connectivity index (χ1n) is 11.0. The van der Waals surface area contributed by atoms with Crippen LogP contribution in [0.5, 0.6) is 5.75 Å². The highest BCUT2D eigenvalue weighted by molar-refractivity contribution is 6.32. The van der Waals surface area contributed by atoms with Crippen LogP contribution in [0.25, 0.3) is 16.9 Å². The highest BCUT2D eigenvalue weighted by Gasteiger charge is 2.18. The van der Waals surface area contributed by atoms with Gasteiger partial charge in [-0.05, 0) is 32.3 Å². The summed E-state index contributed by atoms with van der Waals surface area (Å²) in [6.45, 7) is 1.68. The Balaban J connectivity index is 1.71. The van der Waals surface area contributed by atoms with Gasteiger partial charge in [0.1, 0.15) is 10.8 Å². The van der Waals surface area contributed by atoms with E-state index >= 15 is 0 Å². The normalized spacial score (nSPS) is 11.3. The molecule has 0 saturated carbocycles. The monoisotopic (exact) mass is 496 g/mol. The molecule has 11 heteroatoms. The molecular weight excluding hydrogens is 468 g/mol. The second-order valence-electron chi connectivity index (χ2n) is 8.49. The average molecular weight is 497 g/mol. The summed E-state index contributed by atoms with van der Waals surface area (Å²) in [6, 6.07) is 11.1. The number of halogens is 1. The van der Waals surface area contributed by atoms with Gasteiger partial charge in [-0.1, -0.05) is 23.7 Å². The van der Waals surface area contributed by atoms with Gasteiger partial charge in [0.05, 0.1) is 41.4 Å². The molecule has 2 aromatic heterocycles. The fourth-order valence-electron chi connectivity index (χ4n) is 3.85. The van der Waals surface area contributed by atoms with Gasteiger partial charge in [0.25, 0.3) is 0 Å². The van der Waals surface area contributed by atoms with Gasteiger partial charge in [-0.25, -0.2) is 14.3 Å². The molecule has 4 aromatic rings. The van der Waals surface area contributed by atoms with E-state index in [1.165, 1.54) is 10.8 Å². The number of fused-ring (bicyclic) bond motifs is 1. The summed E-state index contributed by atoms with van der Waals surface area (Å²) < 4.78 is 8.64. The van der Waals surface area contributed by atoms with E-state index in [1.807, 2.05) is 51.5 Å². The molecule has 0 aliphatic rings. The van der Waals surface area contributed by atoms with E-state index in [2.05, 4.69) is 25.1 Å². The molecule has 0 bridgehead atoms. The summed E-state index contributed by atoms with van der Waals surface area (Å²) in [6.07, 6.45) is 1.46. The predicted octanol–water partition coefficient (Wildman–Crippen LogP) is 3.10. The van der Waals surface area contributed by atoms with E-state index in [4.69, 9.17) is 22.1 Å². The number of anilines is 4. The Morgan fingerprint density at radius 1 is 1.14 bits per heavy atom. The third-order valence-electron chi connectivity index (χ3n) is 5.79. The van der Waals surface area contributed by atoms with Gasteiger partial charge in [0.2, 0.25) is 5.95 Å². The number of rotatable bonds is 8. The molecular formula is C24H29ClN8O2. The minimum Gasteiger partial charge on any atom is -0.494 e. The minimum absolute atomic E-state index is 0.246. The van der Waals surface area contributed by atoms with Crippen LogP contribution in [0, 0.1) is 0 Å². The summed E-state index contributed by atoms with van der Waals surface area (Å²) in [5.41, 5.74) is 9.60. The lowest BCUT2D eigenvalue weighted by Crippen LogP contribution is -2.29. The number of nitrogens with two attached hydrogens (primary N) is 1. The maximum atomic E-state index is 13.0. The zero-order valence-corrected chi connectivity index (χ0v) is 21.2. The molecule has 0 spiro atoms. The van der Waals surface area contributed by atoms with E-state index in [0.29, 0.717) is 22.6 Å². The highest BCUT2D eigenvalue weighted by atomic mass is 35.5. The first-order valence-corrected chi connectivity index (χ1v) is 11.4. The van der Waals surface area contributed by atoms with E-state index in [-0.39, 0.29) is 22.5 Å². The Morgan fingerprint density at radius 2 is 1.86 bits per heavy atom. The minimum atomic E-state index is -0.260. The SMILES string of the molecule is COc1cc(N(C)CCN(C)C)c(N)cc1Nc1ncc(Cl)c(-n2c(=O)n(C)c3ccccc32)n1. The number of nitrogens with one attached hydrogen (secondary N) is 1. The molecule has 35 heavy (non-hydrogen) atoms. The summed E-state index contributed by atoms with van der Waals surface area (Å²) in [5.74, 6) is 1.10. The van der Waals surface area contributed by atoms with Crippen molar-refractivity contribution in [1.29, 1.82) is 0 Å². The molecule has 3 N–H and O–H groups in total. The van der Waals surface area contributed by atoms with Crippen molar-refractivity contribution in [3.05, 3.63) is 58.1 Å². The van der Waals surface area contributed by atoms with Gasteiger partial charge in [-0.15, -0.1) is 0 Å². The number of hydrogen-bond acceptors (Lipinski definition) is 8. The summed E-state index contributed by atoms with van der Waals surface area (Å²) in [7, 11) is 9.33. The largest absolute Gasteiger partial charge is 0.494 e. The number of imidazole rings is 1. The lowest BCUT2D eigenvalue weighted by molar-refractivity contribution is 0.413. The van der Waals surface area contributed by atoms with Crippen molar-refractivity contribution >= 4 is 45.6 Å².